The largest absolute Gasteiger partial charge is 0.489 e. The number of rotatable bonds is 7. The van der Waals surface area contributed by atoms with Gasteiger partial charge in [-0.1, -0.05) is 42.5 Å². The highest BCUT2D eigenvalue weighted by Crippen LogP contribution is 2.38. The van der Waals surface area contributed by atoms with E-state index in [2.05, 4.69) is 5.32 Å². The number of nitrogens with one attached hydrogen (secondary N) is 1. The Morgan fingerprint density at radius 2 is 1.67 bits per heavy atom. The van der Waals surface area contributed by atoms with Crippen molar-refractivity contribution >= 4 is 17.7 Å². The summed E-state index contributed by atoms with van der Waals surface area (Å²) < 4.78 is 11.4. The monoisotopic (exact) mass is 487 g/mol. The smallest absolute Gasteiger partial charge is 0.415 e. The molecule has 2 fully saturated rings. The van der Waals surface area contributed by atoms with Gasteiger partial charge in [-0.2, -0.15) is 0 Å². The Kier molecular flexibility index (Phi) is 7.16. The molecule has 2 amide bonds. The summed E-state index contributed by atoms with van der Waals surface area (Å²) in [5.41, 5.74) is 3.06. The number of hydrogen-bond donors (Lipinski definition) is 2. The lowest BCUT2D eigenvalue weighted by atomic mass is 10.00. The number of anilines is 1. The van der Waals surface area contributed by atoms with Crippen LogP contribution in [0.25, 0.3) is 0 Å². The van der Waals surface area contributed by atoms with Crippen LogP contribution in [0.3, 0.4) is 0 Å². The highest BCUT2D eigenvalue weighted by molar-refractivity contribution is 5.96. The highest BCUT2D eigenvalue weighted by atomic mass is 16.6. The first-order valence-electron chi connectivity index (χ1n) is 12.1. The van der Waals surface area contributed by atoms with E-state index >= 15 is 0 Å². The van der Waals surface area contributed by atoms with E-state index < -0.39 is 18.2 Å². The zero-order valence-electron chi connectivity index (χ0n) is 19.9. The quantitative estimate of drug-likeness (QED) is 0.531. The molecule has 0 bridgehead atoms. The Hall–Kier alpha value is -3.88. The molecule has 2 saturated heterocycles. The van der Waals surface area contributed by atoms with E-state index in [0.717, 1.165) is 24.2 Å². The fourth-order valence-electron chi connectivity index (χ4n) is 4.61. The Bertz CT molecular complexity index is 1180. The van der Waals surface area contributed by atoms with Crippen LogP contribution in [-0.4, -0.2) is 60.9 Å². The Balaban J connectivity index is 1.33. The highest BCUT2D eigenvalue weighted by Gasteiger charge is 2.43. The van der Waals surface area contributed by atoms with Gasteiger partial charge in [0.25, 0.3) is 5.91 Å². The number of cyclic esters (lactones) is 1. The summed E-state index contributed by atoms with van der Waals surface area (Å²) in [4.78, 5) is 29.0. The van der Waals surface area contributed by atoms with Crippen molar-refractivity contribution in [1.82, 2.24) is 10.2 Å². The van der Waals surface area contributed by atoms with Crippen LogP contribution in [0.2, 0.25) is 0 Å². The van der Waals surface area contributed by atoms with Gasteiger partial charge >= 0.3 is 6.09 Å². The number of aliphatic hydroxyl groups excluding tert-OH is 1. The molecule has 5 rings (SSSR count). The van der Waals surface area contributed by atoms with Gasteiger partial charge in [0.2, 0.25) is 0 Å². The number of piperazine rings is 1. The Labute approximate surface area is 210 Å². The molecule has 0 spiro atoms. The molecule has 2 atom stereocenters. The van der Waals surface area contributed by atoms with Crippen LogP contribution < -0.4 is 15.0 Å². The first kappa shape index (κ1) is 23.8. The summed E-state index contributed by atoms with van der Waals surface area (Å²) in [6.45, 7) is 3.05. The molecule has 2 N–H and O–H groups in total. The van der Waals surface area contributed by atoms with Crippen LogP contribution >= 0.6 is 0 Å². The normalized spacial score (nSPS) is 19.8. The molecule has 2 heterocycles. The molecule has 3 aromatic carbocycles. The van der Waals surface area contributed by atoms with Crippen LogP contribution in [0.4, 0.5) is 10.5 Å². The first-order chi connectivity index (χ1) is 17.6. The van der Waals surface area contributed by atoms with Gasteiger partial charge in [0.05, 0.1) is 6.61 Å². The van der Waals surface area contributed by atoms with Gasteiger partial charge in [0.15, 0.2) is 6.10 Å². The number of nitrogens with zero attached hydrogens (tertiary/aromatic N) is 2. The molecule has 2 aliphatic rings. The van der Waals surface area contributed by atoms with Crippen LogP contribution in [-0.2, 0) is 11.3 Å². The third-order valence-corrected chi connectivity index (χ3v) is 6.53. The zero-order valence-corrected chi connectivity index (χ0v) is 19.9. The molecule has 0 unspecified atom stereocenters. The maximum absolute atomic E-state index is 12.8. The number of carbonyl (C=O) groups excluding carboxylic acids is 2. The van der Waals surface area contributed by atoms with Crippen molar-refractivity contribution in [1.29, 1.82) is 0 Å². The van der Waals surface area contributed by atoms with Crippen molar-refractivity contribution in [2.24, 2.45) is 0 Å². The average Bonchev–Trinajstić information content (AvgIpc) is 3.29. The molecular weight excluding hydrogens is 458 g/mol. The van der Waals surface area contributed by atoms with E-state index in [4.69, 9.17) is 9.47 Å². The van der Waals surface area contributed by atoms with E-state index in [-0.39, 0.29) is 12.5 Å². The summed E-state index contributed by atoms with van der Waals surface area (Å²) in [5.74, 6) is 0.679. The molecule has 186 valence electrons. The van der Waals surface area contributed by atoms with Crippen LogP contribution in [0.15, 0.2) is 78.9 Å². The van der Waals surface area contributed by atoms with Crippen molar-refractivity contribution < 1.29 is 24.2 Å². The van der Waals surface area contributed by atoms with E-state index in [0.29, 0.717) is 36.7 Å². The predicted molar refractivity (Wildman–Crippen MR) is 135 cm³/mol. The number of benzene rings is 3. The number of ether oxygens (including phenoxy) is 2. The van der Waals surface area contributed by atoms with E-state index in [1.807, 2.05) is 59.5 Å². The van der Waals surface area contributed by atoms with Crippen molar-refractivity contribution in [2.75, 3.05) is 37.7 Å². The molecule has 2 aliphatic heterocycles. The van der Waals surface area contributed by atoms with Gasteiger partial charge in [0.1, 0.15) is 18.4 Å². The molecule has 0 saturated carbocycles. The maximum atomic E-state index is 12.8. The van der Waals surface area contributed by atoms with E-state index in [1.54, 1.807) is 24.3 Å². The zero-order chi connectivity index (χ0) is 24.9. The van der Waals surface area contributed by atoms with Gasteiger partial charge in [-0.3, -0.25) is 9.69 Å². The summed E-state index contributed by atoms with van der Waals surface area (Å²) in [5, 5.41) is 13.2. The van der Waals surface area contributed by atoms with Crippen LogP contribution in [0.5, 0.6) is 5.75 Å². The van der Waals surface area contributed by atoms with Gasteiger partial charge in [0, 0.05) is 37.4 Å². The van der Waals surface area contributed by atoms with E-state index in [9.17, 15) is 14.7 Å². The van der Waals surface area contributed by atoms with Crippen molar-refractivity contribution in [2.45, 2.75) is 18.8 Å². The van der Waals surface area contributed by atoms with Gasteiger partial charge < -0.3 is 24.8 Å². The molecular formula is C28H29N3O5. The number of hydrogen-bond acceptors (Lipinski definition) is 6. The summed E-state index contributed by atoms with van der Waals surface area (Å²) in [6, 6.07) is 23.8. The SMILES string of the molecule is O=C(c1ccc(N2C(=O)O[C@H](CO)[C@H]2c2ccc(OCc3ccccc3)cc2)cc1)N1CCNCC1. The van der Waals surface area contributed by atoms with Gasteiger partial charge in [-0.25, -0.2) is 4.79 Å². The van der Waals surface area contributed by atoms with Gasteiger partial charge in [-0.05, 0) is 47.5 Å². The lowest BCUT2D eigenvalue weighted by molar-refractivity contribution is 0.0735. The second-order valence-electron chi connectivity index (χ2n) is 8.85. The number of amides is 2. The van der Waals surface area contributed by atoms with Crippen LogP contribution in [0.1, 0.15) is 27.5 Å². The molecule has 0 aromatic heterocycles. The fourth-order valence-corrected chi connectivity index (χ4v) is 4.61. The third kappa shape index (κ3) is 5.05. The minimum atomic E-state index is -0.712. The fraction of sp³-hybridized carbons (Fsp3) is 0.286. The topological polar surface area (TPSA) is 91.3 Å². The second-order valence-corrected chi connectivity index (χ2v) is 8.85. The summed E-state index contributed by atoms with van der Waals surface area (Å²) in [7, 11) is 0. The predicted octanol–water partition coefficient (Wildman–Crippen LogP) is 3.37. The Morgan fingerprint density at radius 3 is 2.33 bits per heavy atom. The number of carbonyl (C=O) groups is 2. The van der Waals surface area contributed by atoms with Crippen molar-refractivity contribution in [3.8, 4) is 5.75 Å². The minimum Gasteiger partial charge on any atom is -0.489 e. The van der Waals surface area contributed by atoms with E-state index in [1.165, 1.54) is 4.90 Å². The minimum absolute atomic E-state index is 0.0251. The summed E-state index contributed by atoms with van der Waals surface area (Å²) >= 11 is 0. The van der Waals surface area contributed by atoms with Gasteiger partial charge in [-0.15, -0.1) is 0 Å². The third-order valence-electron chi connectivity index (χ3n) is 6.53. The summed E-state index contributed by atoms with van der Waals surface area (Å²) in [6.07, 6.45) is -1.25. The molecule has 0 aliphatic carbocycles. The lowest BCUT2D eigenvalue weighted by Gasteiger charge is -2.28. The van der Waals surface area contributed by atoms with Crippen LogP contribution in [0, 0.1) is 0 Å². The maximum Gasteiger partial charge on any atom is 0.415 e. The lowest BCUT2D eigenvalue weighted by Crippen LogP contribution is -2.46. The molecule has 8 heteroatoms. The van der Waals surface area contributed by atoms with Crippen molar-refractivity contribution in [3.63, 3.8) is 0 Å². The molecule has 0 radical (unpaired) electrons. The molecule has 36 heavy (non-hydrogen) atoms. The first-order valence-corrected chi connectivity index (χ1v) is 12.1. The van der Waals surface area contributed by atoms with Crippen molar-refractivity contribution in [3.05, 3.63) is 95.6 Å². The number of aliphatic hydroxyl groups is 1. The molecule has 8 nitrogen and oxygen atoms in total. The second kappa shape index (κ2) is 10.8. The average molecular weight is 488 g/mol. The standard InChI is InChI=1S/C28H29N3O5/c32-18-25-26(21-8-12-24(13-9-21)35-19-20-4-2-1-3-5-20)31(28(34)36-25)23-10-6-22(7-11-23)27(33)30-16-14-29-15-17-30/h1-13,25-26,29,32H,14-19H2/t25-,26-/m1/s1. The Morgan fingerprint density at radius 1 is 0.972 bits per heavy atom. The molecule has 3 aromatic rings.